The maximum Gasteiger partial charge on any atom is 0.417 e. The Labute approximate surface area is 84.7 Å². The molecule has 0 spiro atoms. The van der Waals surface area contributed by atoms with E-state index in [-0.39, 0.29) is 12.0 Å². The first kappa shape index (κ1) is 12.7. The molecule has 3 N–H and O–H groups in total. The van der Waals surface area contributed by atoms with Gasteiger partial charge in [-0.05, 0) is 34.6 Å². The second kappa shape index (κ2) is 4.30. The average molecular weight is 201 g/mol. The third-order valence-corrected chi connectivity index (χ3v) is 1.37. The van der Waals surface area contributed by atoms with Crippen LogP contribution in [0.4, 0.5) is 4.79 Å². The summed E-state index contributed by atoms with van der Waals surface area (Å²) >= 11 is 0. The van der Waals surface area contributed by atoms with Crippen molar-refractivity contribution in [1.29, 1.82) is 5.41 Å². The number of guanidine groups is 1. The average Bonchev–Trinajstić information content (AvgIpc) is 1.78. The minimum Gasteiger partial charge on any atom is -0.443 e. The van der Waals surface area contributed by atoms with E-state index < -0.39 is 11.7 Å². The molecule has 0 rings (SSSR count). The summed E-state index contributed by atoms with van der Waals surface area (Å²) in [4.78, 5) is 12.6. The van der Waals surface area contributed by atoms with Gasteiger partial charge in [0, 0.05) is 6.04 Å². The Morgan fingerprint density at radius 1 is 1.43 bits per heavy atom. The van der Waals surface area contributed by atoms with Crippen molar-refractivity contribution in [3.8, 4) is 0 Å². The number of hydrogen-bond donors (Lipinski definition) is 2. The third kappa shape index (κ3) is 4.11. The van der Waals surface area contributed by atoms with Gasteiger partial charge in [0.2, 0.25) is 0 Å². The van der Waals surface area contributed by atoms with Gasteiger partial charge in [-0.2, -0.15) is 0 Å². The summed E-state index contributed by atoms with van der Waals surface area (Å²) in [7, 11) is 0. The van der Waals surface area contributed by atoms with Crippen LogP contribution in [0, 0.1) is 5.41 Å². The summed E-state index contributed by atoms with van der Waals surface area (Å²) in [6.45, 7) is 8.84. The quantitative estimate of drug-likeness (QED) is 0.498. The van der Waals surface area contributed by atoms with E-state index in [2.05, 4.69) is 0 Å². The number of rotatable bonds is 1. The Bertz CT molecular complexity index is 231. The number of nitrogens with zero attached hydrogens (tertiary/aromatic N) is 1. The van der Waals surface area contributed by atoms with Crippen LogP contribution >= 0.6 is 0 Å². The van der Waals surface area contributed by atoms with E-state index in [1.54, 1.807) is 34.6 Å². The normalized spacial score (nSPS) is 11.3. The minimum atomic E-state index is -0.583. The highest BCUT2D eigenvalue weighted by atomic mass is 16.6. The van der Waals surface area contributed by atoms with E-state index in [4.69, 9.17) is 15.9 Å². The number of carbonyl (C=O) groups excluding carboxylic acids is 1. The lowest BCUT2D eigenvalue weighted by molar-refractivity contribution is 0.0328. The summed E-state index contributed by atoms with van der Waals surface area (Å²) in [6, 6.07) is -0.178. The minimum absolute atomic E-state index is 0.178. The number of nitrogens with one attached hydrogen (secondary N) is 1. The maximum atomic E-state index is 11.5. The molecule has 0 bridgehead atoms. The monoisotopic (exact) mass is 201 g/mol. The van der Waals surface area contributed by atoms with Crippen LogP contribution in [0.1, 0.15) is 34.6 Å². The predicted molar refractivity (Wildman–Crippen MR) is 55.1 cm³/mol. The molecule has 0 aliphatic heterocycles. The summed E-state index contributed by atoms with van der Waals surface area (Å²) < 4.78 is 5.09. The van der Waals surface area contributed by atoms with Gasteiger partial charge in [-0.3, -0.25) is 5.41 Å². The number of hydrogen-bond acceptors (Lipinski definition) is 3. The molecule has 0 unspecified atom stereocenters. The predicted octanol–water partition coefficient (Wildman–Crippen LogP) is 1.53. The summed E-state index contributed by atoms with van der Waals surface area (Å²) in [5.41, 5.74) is 4.70. The Morgan fingerprint density at radius 2 is 1.86 bits per heavy atom. The smallest absolute Gasteiger partial charge is 0.417 e. The molecule has 0 saturated heterocycles. The van der Waals surface area contributed by atoms with Gasteiger partial charge in [-0.25, -0.2) is 9.69 Å². The molecule has 0 aliphatic carbocycles. The van der Waals surface area contributed by atoms with Crippen LogP contribution in [0.3, 0.4) is 0 Å². The molecule has 0 saturated carbocycles. The molecule has 0 radical (unpaired) electrons. The number of carbonyl (C=O) groups is 1. The van der Waals surface area contributed by atoms with Crippen LogP contribution in [0.25, 0.3) is 0 Å². The first-order valence-electron chi connectivity index (χ1n) is 4.51. The zero-order valence-corrected chi connectivity index (χ0v) is 9.42. The van der Waals surface area contributed by atoms with Crippen LogP contribution < -0.4 is 5.73 Å². The molecule has 82 valence electrons. The SMILES string of the molecule is CC(C)N(C(=N)N)C(=O)OC(C)(C)C. The van der Waals surface area contributed by atoms with E-state index >= 15 is 0 Å². The summed E-state index contributed by atoms with van der Waals surface area (Å²) in [5, 5.41) is 7.22. The molecule has 0 atom stereocenters. The molecular weight excluding hydrogens is 182 g/mol. The second-order valence-corrected chi connectivity index (χ2v) is 4.33. The van der Waals surface area contributed by atoms with Gasteiger partial charge in [0.1, 0.15) is 5.60 Å². The van der Waals surface area contributed by atoms with Gasteiger partial charge >= 0.3 is 6.09 Å². The topological polar surface area (TPSA) is 79.4 Å². The van der Waals surface area contributed by atoms with Crippen molar-refractivity contribution in [2.24, 2.45) is 5.73 Å². The van der Waals surface area contributed by atoms with Crippen LogP contribution in [-0.2, 0) is 4.74 Å². The third-order valence-electron chi connectivity index (χ3n) is 1.37. The van der Waals surface area contributed by atoms with E-state index in [1.165, 1.54) is 0 Å². The summed E-state index contributed by atoms with van der Waals surface area (Å²) in [6.07, 6.45) is -0.583. The highest BCUT2D eigenvalue weighted by molar-refractivity contribution is 5.91. The van der Waals surface area contributed by atoms with Gasteiger partial charge in [0.05, 0.1) is 0 Å². The van der Waals surface area contributed by atoms with Crippen molar-refractivity contribution in [2.75, 3.05) is 0 Å². The number of nitrogens with two attached hydrogens (primary N) is 1. The van der Waals surface area contributed by atoms with Crippen molar-refractivity contribution in [3.05, 3.63) is 0 Å². The Morgan fingerprint density at radius 3 is 2.07 bits per heavy atom. The zero-order valence-electron chi connectivity index (χ0n) is 9.42. The molecule has 0 heterocycles. The van der Waals surface area contributed by atoms with Gasteiger partial charge in [-0.1, -0.05) is 0 Å². The summed E-state index contributed by atoms with van der Waals surface area (Å²) in [5.74, 6) is -0.297. The molecular formula is C9H19N3O2. The lowest BCUT2D eigenvalue weighted by Gasteiger charge is -2.28. The van der Waals surface area contributed by atoms with Gasteiger partial charge < -0.3 is 10.5 Å². The molecule has 5 heteroatoms. The first-order chi connectivity index (χ1) is 6.15. The second-order valence-electron chi connectivity index (χ2n) is 4.33. The maximum absolute atomic E-state index is 11.5. The number of ether oxygens (including phenoxy) is 1. The van der Waals surface area contributed by atoms with E-state index in [1.807, 2.05) is 0 Å². The molecule has 0 fully saturated rings. The number of amides is 1. The molecule has 5 nitrogen and oxygen atoms in total. The van der Waals surface area contributed by atoms with Crippen molar-refractivity contribution in [3.63, 3.8) is 0 Å². The van der Waals surface area contributed by atoms with E-state index in [9.17, 15) is 4.79 Å². The van der Waals surface area contributed by atoms with Gasteiger partial charge in [0.25, 0.3) is 0 Å². The zero-order chi connectivity index (χ0) is 11.5. The molecule has 0 aromatic carbocycles. The fourth-order valence-electron chi connectivity index (χ4n) is 0.898. The standard InChI is InChI=1S/C9H19N3O2/c1-6(2)12(7(10)11)8(13)14-9(3,4)5/h6H,1-5H3,(H3,10,11). The Balaban J connectivity index is 4.55. The molecule has 0 aliphatic rings. The van der Waals surface area contributed by atoms with Crippen LogP contribution in [0.2, 0.25) is 0 Å². The Kier molecular flexibility index (Phi) is 3.92. The van der Waals surface area contributed by atoms with Crippen molar-refractivity contribution in [1.82, 2.24) is 4.90 Å². The van der Waals surface area contributed by atoms with Crippen molar-refractivity contribution >= 4 is 12.1 Å². The Hall–Kier alpha value is -1.26. The van der Waals surface area contributed by atoms with Gasteiger partial charge in [0.15, 0.2) is 5.96 Å². The van der Waals surface area contributed by atoms with Crippen LogP contribution in [0.5, 0.6) is 0 Å². The molecule has 0 aromatic heterocycles. The fourth-order valence-corrected chi connectivity index (χ4v) is 0.898. The first-order valence-corrected chi connectivity index (χ1v) is 4.51. The van der Waals surface area contributed by atoms with Crippen LogP contribution in [-0.4, -0.2) is 28.6 Å². The highest BCUT2D eigenvalue weighted by Gasteiger charge is 2.25. The van der Waals surface area contributed by atoms with E-state index in [0.29, 0.717) is 0 Å². The lowest BCUT2D eigenvalue weighted by atomic mass is 10.2. The molecule has 1 amide bonds. The molecule has 14 heavy (non-hydrogen) atoms. The van der Waals surface area contributed by atoms with Crippen molar-refractivity contribution in [2.45, 2.75) is 46.3 Å². The van der Waals surface area contributed by atoms with Gasteiger partial charge in [-0.15, -0.1) is 0 Å². The molecule has 0 aromatic rings. The fraction of sp³-hybridized carbons (Fsp3) is 0.778. The van der Waals surface area contributed by atoms with E-state index in [0.717, 1.165) is 4.90 Å². The van der Waals surface area contributed by atoms with Crippen molar-refractivity contribution < 1.29 is 9.53 Å². The van der Waals surface area contributed by atoms with Crippen LogP contribution in [0.15, 0.2) is 0 Å². The lowest BCUT2D eigenvalue weighted by Crippen LogP contribution is -2.47. The largest absolute Gasteiger partial charge is 0.443 e. The highest BCUT2D eigenvalue weighted by Crippen LogP contribution is 2.11.